The molecule has 2 N–H and O–H groups in total. The Morgan fingerprint density at radius 1 is 1.13 bits per heavy atom. The molecule has 0 unspecified atom stereocenters. The summed E-state index contributed by atoms with van der Waals surface area (Å²) in [5.74, 6) is 3.12. The number of aromatic nitrogens is 3. The number of benzene rings is 1. The number of carbonyl (C=O) groups is 1. The summed E-state index contributed by atoms with van der Waals surface area (Å²) in [6.07, 6.45) is 4.24. The summed E-state index contributed by atoms with van der Waals surface area (Å²) in [6, 6.07) is 8.22. The molecule has 30 heavy (non-hydrogen) atoms. The van der Waals surface area contributed by atoms with E-state index in [9.17, 15) is 9.90 Å². The van der Waals surface area contributed by atoms with E-state index in [0.29, 0.717) is 5.92 Å². The molecule has 3 aliphatic rings. The number of ether oxygens (including phenoxy) is 1. The Kier molecular flexibility index (Phi) is 5.24. The Labute approximate surface area is 177 Å². The van der Waals surface area contributed by atoms with Gasteiger partial charge in [0.05, 0.1) is 0 Å². The highest BCUT2D eigenvalue weighted by Gasteiger charge is 2.52. The van der Waals surface area contributed by atoms with Gasteiger partial charge in [0.15, 0.2) is 11.9 Å². The number of hydrogen-bond acceptors (Lipinski definition) is 4. The molecule has 5 rings (SSSR count). The minimum Gasteiger partial charge on any atom is -0.483 e. The second-order valence-electron chi connectivity index (χ2n) is 9.42. The second-order valence-corrected chi connectivity index (χ2v) is 9.42. The van der Waals surface area contributed by atoms with Crippen LogP contribution in [0.3, 0.4) is 0 Å². The first-order valence-corrected chi connectivity index (χ1v) is 10.9. The van der Waals surface area contributed by atoms with Gasteiger partial charge in [-0.3, -0.25) is 0 Å². The van der Waals surface area contributed by atoms with Gasteiger partial charge in [0, 0.05) is 18.0 Å². The lowest BCUT2D eigenvalue weighted by molar-refractivity contribution is 0.0681. The van der Waals surface area contributed by atoms with Gasteiger partial charge >= 0.3 is 6.09 Å². The van der Waals surface area contributed by atoms with Gasteiger partial charge in [0.25, 0.3) is 0 Å². The molecule has 2 bridgehead atoms. The molecule has 0 spiro atoms. The topological polar surface area (TPSA) is 89.3 Å². The van der Waals surface area contributed by atoms with E-state index in [2.05, 4.69) is 46.1 Å². The van der Waals surface area contributed by atoms with Crippen LogP contribution in [-0.2, 0) is 12.5 Å². The summed E-state index contributed by atoms with van der Waals surface area (Å²) in [7, 11) is 2.02. The molecule has 162 valence electrons. The van der Waals surface area contributed by atoms with Crippen LogP contribution in [-0.4, -0.2) is 31.5 Å². The summed E-state index contributed by atoms with van der Waals surface area (Å²) in [5.41, 5.74) is 0.978. The lowest BCUT2D eigenvalue weighted by Gasteiger charge is -2.52. The van der Waals surface area contributed by atoms with Gasteiger partial charge in [-0.05, 0) is 69.1 Å². The Morgan fingerprint density at radius 3 is 2.40 bits per heavy atom. The van der Waals surface area contributed by atoms with Crippen molar-refractivity contribution >= 4 is 6.09 Å². The van der Waals surface area contributed by atoms with Crippen LogP contribution in [0.5, 0.6) is 5.75 Å². The first-order chi connectivity index (χ1) is 14.2. The molecule has 0 aliphatic heterocycles. The van der Waals surface area contributed by atoms with Gasteiger partial charge in [-0.1, -0.05) is 26.0 Å². The van der Waals surface area contributed by atoms with E-state index < -0.39 is 6.09 Å². The van der Waals surface area contributed by atoms with Crippen molar-refractivity contribution in [3.63, 3.8) is 0 Å². The highest BCUT2D eigenvalue weighted by Crippen LogP contribution is 2.53. The van der Waals surface area contributed by atoms with Gasteiger partial charge in [-0.25, -0.2) is 4.79 Å². The van der Waals surface area contributed by atoms with Gasteiger partial charge in [0.2, 0.25) is 0 Å². The lowest BCUT2D eigenvalue weighted by atomic mass is 9.57. The predicted octanol–water partition coefficient (Wildman–Crippen LogP) is 4.69. The third-order valence-electron chi connectivity index (χ3n) is 7.20. The molecule has 1 heterocycles. The van der Waals surface area contributed by atoms with Crippen LogP contribution in [0.25, 0.3) is 0 Å². The van der Waals surface area contributed by atoms with Gasteiger partial charge < -0.3 is 19.7 Å². The van der Waals surface area contributed by atoms with Crippen LogP contribution in [0.4, 0.5) is 4.79 Å². The molecule has 0 radical (unpaired) electrons. The van der Waals surface area contributed by atoms with Crippen molar-refractivity contribution in [2.45, 2.75) is 82.3 Å². The molecule has 3 aliphatic carbocycles. The number of rotatable bonds is 6. The third kappa shape index (κ3) is 3.66. The zero-order chi connectivity index (χ0) is 21.5. The maximum absolute atomic E-state index is 11.2. The van der Waals surface area contributed by atoms with Crippen LogP contribution in [0.1, 0.15) is 88.5 Å². The van der Waals surface area contributed by atoms with E-state index in [4.69, 9.17) is 4.74 Å². The van der Waals surface area contributed by atoms with Crippen LogP contribution in [0.15, 0.2) is 24.3 Å². The molecule has 1 aromatic carbocycles. The van der Waals surface area contributed by atoms with E-state index in [1.807, 2.05) is 26.1 Å². The molecule has 7 nitrogen and oxygen atoms in total. The van der Waals surface area contributed by atoms with E-state index in [0.717, 1.165) is 55.9 Å². The maximum Gasteiger partial charge on any atom is 0.405 e. The number of fused-ring (bicyclic) bond motifs is 3. The highest BCUT2D eigenvalue weighted by atomic mass is 16.5. The fraction of sp³-hybridized carbons (Fsp3) is 0.609. The van der Waals surface area contributed by atoms with Gasteiger partial charge in [0.1, 0.15) is 11.6 Å². The largest absolute Gasteiger partial charge is 0.483 e. The molecule has 1 atom stereocenters. The summed E-state index contributed by atoms with van der Waals surface area (Å²) < 4.78 is 8.31. The van der Waals surface area contributed by atoms with Crippen LogP contribution in [0, 0.1) is 0 Å². The van der Waals surface area contributed by atoms with Crippen LogP contribution < -0.4 is 10.1 Å². The fourth-order valence-corrected chi connectivity index (χ4v) is 5.30. The number of carboxylic acid groups (broad SMARTS) is 1. The Hall–Kier alpha value is -2.57. The second kappa shape index (κ2) is 7.60. The number of hydrogen-bond donors (Lipinski definition) is 2. The Morgan fingerprint density at radius 2 is 1.80 bits per heavy atom. The molecular formula is C23H32N4O3. The minimum absolute atomic E-state index is 0.0147. The zero-order valence-electron chi connectivity index (χ0n) is 18.3. The average molecular weight is 413 g/mol. The molecule has 1 aromatic heterocycles. The lowest BCUT2D eigenvalue weighted by Crippen LogP contribution is -2.58. The van der Waals surface area contributed by atoms with Crippen molar-refractivity contribution < 1.29 is 14.6 Å². The predicted molar refractivity (Wildman–Crippen MR) is 114 cm³/mol. The van der Waals surface area contributed by atoms with Gasteiger partial charge in [-0.15, -0.1) is 10.2 Å². The SMILES string of the molecule is CC(C)c1cccc(O[C@@H](C)c2nnc(C34CCC(NC(=O)O)(CC3)CC4)n2C)c1. The normalized spacial score (nSPS) is 26.6. The van der Waals surface area contributed by atoms with Crippen molar-refractivity contribution in [1.29, 1.82) is 0 Å². The standard InChI is InChI=1S/C23H32N4O3/c1-15(2)17-6-5-7-18(14-17)30-16(3)19-25-26-20(27(19)4)22-8-11-23(12-9-22,13-10-22)24-21(28)29/h5-7,14-16,24H,8-13H2,1-4H3,(H,28,29)/t16-,22?,23?/m0/s1. The van der Waals surface area contributed by atoms with Gasteiger partial charge in [-0.2, -0.15) is 0 Å². The molecule has 2 aromatic rings. The van der Waals surface area contributed by atoms with Crippen LogP contribution in [0.2, 0.25) is 0 Å². The van der Waals surface area contributed by atoms with Crippen molar-refractivity contribution in [3.8, 4) is 5.75 Å². The summed E-state index contributed by atoms with van der Waals surface area (Å²) in [5, 5.41) is 21.1. The molecule has 3 fully saturated rings. The van der Waals surface area contributed by atoms with Crippen molar-refractivity contribution in [1.82, 2.24) is 20.1 Å². The van der Waals surface area contributed by atoms with Crippen molar-refractivity contribution in [2.75, 3.05) is 0 Å². The summed E-state index contributed by atoms with van der Waals surface area (Å²) >= 11 is 0. The molecule has 3 saturated carbocycles. The van der Waals surface area contributed by atoms with Crippen LogP contribution >= 0.6 is 0 Å². The molecule has 0 saturated heterocycles. The first kappa shape index (κ1) is 20.7. The van der Waals surface area contributed by atoms with E-state index in [-0.39, 0.29) is 17.1 Å². The van der Waals surface area contributed by atoms with Crippen molar-refractivity contribution in [2.24, 2.45) is 7.05 Å². The monoisotopic (exact) mass is 412 g/mol. The summed E-state index contributed by atoms with van der Waals surface area (Å²) in [4.78, 5) is 11.2. The molecule has 7 heteroatoms. The highest BCUT2D eigenvalue weighted by molar-refractivity contribution is 5.65. The number of nitrogens with one attached hydrogen (secondary N) is 1. The Balaban J connectivity index is 1.51. The maximum atomic E-state index is 11.2. The van der Waals surface area contributed by atoms with Crippen molar-refractivity contribution in [3.05, 3.63) is 41.5 Å². The van der Waals surface area contributed by atoms with E-state index in [1.165, 1.54) is 5.56 Å². The number of amides is 1. The molecular weight excluding hydrogens is 380 g/mol. The molecule has 1 amide bonds. The fourth-order valence-electron chi connectivity index (χ4n) is 5.30. The van der Waals surface area contributed by atoms with E-state index in [1.54, 1.807) is 0 Å². The smallest absolute Gasteiger partial charge is 0.405 e. The minimum atomic E-state index is -0.919. The quantitative estimate of drug-likeness (QED) is 0.718. The summed E-state index contributed by atoms with van der Waals surface area (Å²) in [6.45, 7) is 6.36. The number of nitrogens with zero attached hydrogens (tertiary/aromatic N) is 3. The zero-order valence-corrected chi connectivity index (χ0v) is 18.3. The van der Waals surface area contributed by atoms with E-state index >= 15 is 0 Å². The third-order valence-corrected chi connectivity index (χ3v) is 7.20. The average Bonchev–Trinajstić information content (AvgIpc) is 3.11. The Bertz CT molecular complexity index is 912. The first-order valence-electron chi connectivity index (χ1n) is 10.9.